The fourth-order valence-corrected chi connectivity index (χ4v) is 2.94. The number of nitrogens with one attached hydrogen (secondary N) is 1. The Morgan fingerprint density at radius 2 is 1.93 bits per heavy atom. The topological polar surface area (TPSA) is 58.6 Å². The van der Waals surface area contributed by atoms with Crippen molar-refractivity contribution in [2.45, 2.75) is 26.4 Å². The lowest BCUT2D eigenvalue weighted by Crippen LogP contribution is -2.49. The van der Waals surface area contributed by atoms with E-state index in [-0.39, 0.29) is 30.8 Å². The zero-order valence-corrected chi connectivity index (χ0v) is 16.8. The zero-order chi connectivity index (χ0) is 19.8. The molecular weight excluding hydrogens is 415 g/mol. The highest BCUT2D eigenvalue weighted by Crippen LogP contribution is 2.16. The molecule has 0 bridgehead atoms. The van der Waals surface area contributed by atoms with Gasteiger partial charge in [-0.25, -0.2) is 4.39 Å². The van der Waals surface area contributed by atoms with Crippen LogP contribution in [0.25, 0.3) is 0 Å². The minimum Gasteiger partial charge on any atom is -0.484 e. The normalized spacial score (nSPS) is 11.6. The Labute approximate surface area is 166 Å². The predicted molar refractivity (Wildman–Crippen MR) is 105 cm³/mol. The number of likely N-dealkylation sites (N-methyl/N-ethyl adjacent to an activating group) is 1. The van der Waals surface area contributed by atoms with Crippen LogP contribution >= 0.6 is 15.9 Å². The summed E-state index contributed by atoms with van der Waals surface area (Å²) in [5.74, 6) is -0.562. The van der Waals surface area contributed by atoms with Crippen LogP contribution in [0.15, 0.2) is 53.0 Å². The average molecular weight is 437 g/mol. The monoisotopic (exact) mass is 436 g/mol. The Morgan fingerprint density at radius 3 is 2.56 bits per heavy atom. The molecule has 0 spiro atoms. The molecule has 2 rings (SSSR count). The molecule has 7 heteroatoms. The first kappa shape index (κ1) is 20.9. The number of amides is 2. The Kier molecular flexibility index (Phi) is 7.79. The number of rotatable bonds is 8. The van der Waals surface area contributed by atoms with E-state index in [2.05, 4.69) is 21.2 Å². The molecule has 2 aromatic carbocycles. The van der Waals surface area contributed by atoms with Crippen LogP contribution in [-0.4, -0.2) is 35.9 Å². The summed E-state index contributed by atoms with van der Waals surface area (Å²) in [4.78, 5) is 26.5. The second-order valence-electron chi connectivity index (χ2n) is 5.96. The molecule has 0 aliphatic rings. The maximum Gasteiger partial charge on any atom is 0.261 e. The van der Waals surface area contributed by atoms with E-state index in [0.717, 1.165) is 10.0 Å². The van der Waals surface area contributed by atoms with Crippen LogP contribution in [0, 0.1) is 5.82 Å². The molecule has 27 heavy (non-hydrogen) atoms. The molecule has 144 valence electrons. The Balaban J connectivity index is 2.12. The van der Waals surface area contributed by atoms with Crippen molar-refractivity contribution in [2.24, 2.45) is 0 Å². The molecule has 2 aromatic rings. The van der Waals surface area contributed by atoms with Gasteiger partial charge in [-0.2, -0.15) is 0 Å². The van der Waals surface area contributed by atoms with Crippen molar-refractivity contribution in [2.75, 3.05) is 13.2 Å². The van der Waals surface area contributed by atoms with E-state index >= 15 is 0 Å². The molecular formula is C20H22BrFN2O3. The van der Waals surface area contributed by atoms with E-state index in [4.69, 9.17) is 4.74 Å². The highest BCUT2D eigenvalue weighted by Gasteiger charge is 2.26. The molecule has 1 N–H and O–H groups in total. The van der Waals surface area contributed by atoms with E-state index in [1.807, 2.05) is 31.2 Å². The first-order valence-corrected chi connectivity index (χ1v) is 9.40. The van der Waals surface area contributed by atoms with Crippen LogP contribution in [-0.2, 0) is 16.1 Å². The summed E-state index contributed by atoms with van der Waals surface area (Å²) < 4.78 is 19.3. The van der Waals surface area contributed by atoms with Gasteiger partial charge < -0.3 is 15.0 Å². The quantitative estimate of drug-likeness (QED) is 0.688. The van der Waals surface area contributed by atoms with Crippen molar-refractivity contribution in [1.82, 2.24) is 10.2 Å². The van der Waals surface area contributed by atoms with Crippen molar-refractivity contribution in [3.05, 3.63) is 64.4 Å². The van der Waals surface area contributed by atoms with Gasteiger partial charge in [0.05, 0.1) is 0 Å². The Bertz CT molecular complexity index is 783. The minimum atomic E-state index is -0.659. The summed E-state index contributed by atoms with van der Waals surface area (Å²) in [5.41, 5.74) is 0.885. The molecule has 0 saturated carbocycles. The smallest absolute Gasteiger partial charge is 0.261 e. The fourth-order valence-electron chi connectivity index (χ4n) is 2.50. The summed E-state index contributed by atoms with van der Waals surface area (Å²) in [6.07, 6.45) is 0. The van der Waals surface area contributed by atoms with E-state index in [1.54, 1.807) is 6.92 Å². The van der Waals surface area contributed by atoms with E-state index in [1.165, 1.54) is 29.2 Å². The van der Waals surface area contributed by atoms with Crippen molar-refractivity contribution in [3.8, 4) is 5.75 Å². The van der Waals surface area contributed by atoms with Crippen molar-refractivity contribution in [3.63, 3.8) is 0 Å². The maximum absolute atomic E-state index is 13.0. The molecule has 0 heterocycles. The molecule has 1 atom stereocenters. The van der Waals surface area contributed by atoms with E-state index < -0.39 is 6.04 Å². The first-order chi connectivity index (χ1) is 12.9. The van der Waals surface area contributed by atoms with Gasteiger partial charge in [0.1, 0.15) is 17.6 Å². The third-order valence-electron chi connectivity index (χ3n) is 3.94. The molecule has 0 saturated heterocycles. The Morgan fingerprint density at radius 1 is 1.22 bits per heavy atom. The summed E-state index contributed by atoms with van der Waals surface area (Å²) >= 11 is 3.41. The highest BCUT2D eigenvalue weighted by molar-refractivity contribution is 9.10. The number of hydrogen-bond donors (Lipinski definition) is 1. The largest absolute Gasteiger partial charge is 0.484 e. The number of hydrogen-bond acceptors (Lipinski definition) is 3. The zero-order valence-electron chi connectivity index (χ0n) is 15.2. The van der Waals surface area contributed by atoms with Crippen LogP contribution in [0.3, 0.4) is 0 Å². The van der Waals surface area contributed by atoms with Crippen LogP contribution < -0.4 is 10.1 Å². The van der Waals surface area contributed by atoms with Crippen LogP contribution in [0.2, 0.25) is 0 Å². The standard InChI is InChI=1S/C20H22BrFN2O3/c1-3-23-20(26)14(2)24(12-15-5-4-6-16(21)11-15)19(25)13-27-18-9-7-17(22)8-10-18/h4-11,14H,3,12-13H2,1-2H3,(H,23,26)/t14-/m0/s1. The van der Waals surface area contributed by atoms with Gasteiger partial charge in [-0.15, -0.1) is 0 Å². The third-order valence-corrected chi connectivity index (χ3v) is 4.43. The Hall–Kier alpha value is -2.41. The first-order valence-electron chi connectivity index (χ1n) is 8.60. The van der Waals surface area contributed by atoms with Gasteiger partial charge in [0, 0.05) is 17.6 Å². The molecule has 5 nitrogen and oxygen atoms in total. The van der Waals surface area contributed by atoms with Gasteiger partial charge in [-0.1, -0.05) is 28.1 Å². The van der Waals surface area contributed by atoms with Gasteiger partial charge in [0.15, 0.2) is 6.61 Å². The number of carbonyl (C=O) groups excluding carboxylic acids is 2. The summed E-state index contributed by atoms with van der Waals surface area (Å²) in [5, 5.41) is 2.73. The molecule has 0 aromatic heterocycles. The second kappa shape index (κ2) is 10.1. The van der Waals surface area contributed by atoms with Gasteiger partial charge in [0.2, 0.25) is 5.91 Å². The average Bonchev–Trinajstić information content (AvgIpc) is 2.65. The maximum atomic E-state index is 13.0. The van der Waals surface area contributed by atoms with E-state index in [9.17, 15) is 14.0 Å². The van der Waals surface area contributed by atoms with Gasteiger partial charge >= 0.3 is 0 Å². The lowest BCUT2D eigenvalue weighted by atomic mass is 10.1. The van der Waals surface area contributed by atoms with Crippen LogP contribution in [0.4, 0.5) is 4.39 Å². The summed E-state index contributed by atoms with van der Waals surface area (Å²) in [7, 11) is 0. The van der Waals surface area contributed by atoms with Crippen molar-refractivity contribution < 1.29 is 18.7 Å². The highest BCUT2D eigenvalue weighted by atomic mass is 79.9. The number of benzene rings is 2. The number of nitrogens with zero attached hydrogens (tertiary/aromatic N) is 1. The van der Waals surface area contributed by atoms with Crippen molar-refractivity contribution >= 4 is 27.7 Å². The lowest BCUT2D eigenvalue weighted by molar-refractivity contribution is -0.142. The molecule has 0 unspecified atom stereocenters. The third kappa shape index (κ3) is 6.36. The molecule has 0 aliphatic carbocycles. The molecule has 2 amide bonds. The van der Waals surface area contributed by atoms with Crippen molar-refractivity contribution in [1.29, 1.82) is 0 Å². The van der Waals surface area contributed by atoms with Crippen LogP contribution in [0.1, 0.15) is 19.4 Å². The molecule has 0 fully saturated rings. The SMILES string of the molecule is CCNC(=O)[C@H](C)N(Cc1cccc(Br)c1)C(=O)COc1ccc(F)cc1. The lowest BCUT2D eigenvalue weighted by Gasteiger charge is -2.28. The number of carbonyl (C=O) groups is 2. The summed E-state index contributed by atoms with van der Waals surface area (Å²) in [6.45, 7) is 4.00. The fraction of sp³-hybridized carbons (Fsp3) is 0.300. The molecule has 0 aliphatic heterocycles. The summed E-state index contributed by atoms with van der Waals surface area (Å²) in [6, 6.07) is 12.3. The van der Waals surface area contributed by atoms with E-state index in [0.29, 0.717) is 12.3 Å². The van der Waals surface area contributed by atoms with Gasteiger partial charge in [-0.05, 0) is 55.8 Å². The number of halogens is 2. The van der Waals surface area contributed by atoms with Crippen LogP contribution in [0.5, 0.6) is 5.75 Å². The number of ether oxygens (including phenoxy) is 1. The van der Waals surface area contributed by atoms with Gasteiger partial charge in [-0.3, -0.25) is 9.59 Å². The predicted octanol–water partition coefficient (Wildman–Crippen LogP) is 3.52. The minimum absolute atomic E-state index is 0.234. The second-order valence-corrected chi connectivity index (χ2v) is 6.88. The van der Waals surface area contributed by atoms with Gasteiger partial charge in [0.25, 0.3) is 5.91 Å². The molecule has 0 radical (unpaired) electrons.